The van der Waals surface area contributed by atoms with Crippen LogP contribution in [0, 0.1) is 11.3 Å². The summed E-state index contributed by atoms with van der Waals surface area (Å²) in [5.41, 5.74) is 1.02. The fourth-order valence-corrected chi connectivity index (χ4v) is 4.06. The number of ether oxygens (including phenoxy) is 1. The zero-order valence-corrected chi connectivity index (χ0v) is 19.9. The maximum atomic E-state index is 13.2. The monoisotopic (exact) mass is 463 g/mol. The van der Waals surface area contributed by atoms with E-state index < -0.39 is 29.7 Å². The van der Waals surface area contributed by atoms with Crippen molar-refractivity contribution in [1.82, 2.24) is 4.90 Å². The lowest BCUT2D eigenvalue weighted by Crippen LogP contribution is -2.42. The first-order valence-electron chi connectivity index (χ1n) is 11.4. The van der Waals surface area contributed by atoms with E-state index in [9.17, 15) is 19.2 Å². The van der Waals surface area contributed by atoms with Gasteiger partial charge in [0.1, 0.15) is 18.9 Å². The second-order valence-corrected chi connectivity index (χ2v) is 9.78. The van der Waals surface area contributed by atoms with Gasteiger partial charge >= 0.3 is 0 Å². The van der Waals surface area contributed by atoms with Gasteiger partial charge in [-0.05, 0) is 50.5 Å². The summed E-state index contributed by atoms with van der Waals surface area (Å²) in [5, 5.41) is 2.74. The maximum absolute atomic E-state index is 13.2. The van der Waals surface area contributed by atoms with E-state index in [1.807, 2.05) is 13.8 Å². The molecule has 0 radical (unpaired) electrons. The van der Waals surface area contributed by atoms with Gasteiger partial charge < -0.3 is 15.0 Å². The molecule has 0 saturated carbocycles. The van der Waals surface area contributed by atoms with Gasteiger partial charge in [-0.25, -0.2) is 0 Å². The topological polar surface area (TPSA) is 96.0 Å². The normalized spacial score (nSPS) is 16.8. The van der Waals surface area contributed by atoms with Gasteiger partial charge in [0.25, 0.3) is 11.8 Å². The number of nitrogens with zero attached hydrogens (tertiary/aromatic N) is 2. The molecule has 0 aromatic heterocycles. The number of imide groups is 1. The summed E-state index contributed by atoms with van der Waals surface area (Å²) in [6.07, 6.45) is 0.847. The molecule has 0 aliphatic carbocycles. The first-order valence-corrected chi connectivity index (χ1v) is 11.4. The number of nitrogens with one attached hydrogen (secondary N) is 1. The molecule has 0 bridgehead atoms. The molecule has 2 aliphatic rings. The molecule has 0 spiro atoms. The molecular formula is C26H29N3O5. The highest BCUT2D eigenvalue weighted by Crippen LogP contribution is 2.38. The van der Waals surface area contributed by atoms with Crippen molar-refractivity contribution in [3.8, 4) is 5.75 Å². The molecule has 0 unspecified atom stereocenters. The van der Waals surface area contributed by atoms with Crippen molar-refractivity contribution in [2.45, 2.75) is 34.1 Å². The molecule has 178 valence electrons. The number of carbonyl (C=O) groups excluding carboxylic acids is 4. The molecule has 2 aromatic carbocycles. The predicted octanol–water partition coefficient (Wildman–Crippen LogP) is 3.72. The van der Waals surface area contributed by atoms with Crippen LogP contribution < -0.4 is 15.0 Å². The molecule has 8 nitrogen and oxygen atoms in total. The van der Waals surface area contributed by atoms with Crippen molar-refractivity contribution >= 4 is 35.0 Å². The van der Waals surface area contributed by atoms with Crippen molar-refractivity contribution in [3.05, 3.63) is 53.6 Å². The quantitative estimate of drug-likeness (QED) is 0.659. The minimum absolute atomic E-state index is 0.00527. The number of hydrogen-bond donors (Lipinski definition) is 1. The van der Waals surface area contributed by atoms with Gasteiger partial charge in [-0.2, -0.15) is 0 Å². The van der Waals surface area contributed by atoms with Crippen LogP contribution in [0.1, 0.15) is 54.8 Å². The van der Waals surface area contributed by atoms with Crippen LogP contribution in [0.25, 0.3) is 0 Å². The molecule has 0 saturated heterocycles. The van der Waals surface area contributed by atoms with Crippen LogP contribution in [-0.4, -0.2) is 48.2 Å². The Kier molecular flexibility index (Phi) is 6.17. The average Bonchev–Trinajstić information content (AvgIpc) is 2.97. The highest BCUT2D eigenvalue weighted by Gasteiger charge is 2.38. The fourth-order valence-electron chi connectivity index (χ4n) is 4.06. The minimum Gasteiger partial charge on any atom is -0.490 e. The lowest BCUT2D eigenvalue weighted by molar-refractivity contribution is -0.127. The molecule has 0 atom stereocenters. The van der Waals surface area contributed by atoms with Crippen molar-refractivity contribution in [1.29, 1.82) is 0 Å². The average molecular weight is 464 g/mol. The molecule has 4 amide bonds. The van der Waals surface area contributed by atoms with Crippen molar-refractivity contribution in [3.63, 3.8) is 0 Å². The third-order valence-electron chi connectivity index (χ3n) is 6.06. The summed E-state index contributed by atoms with van der Waals surface area (Å²) in [5.74, 6) is -0.541. The van der Waals surface area contributed by atoms with Gasteiger partial charge in [0, 0.05) is 18.3 Å². The number of anilines is 2. The van der Waals surface area contributed by atoms with E-state index >= 15 is 0 Å². The first-order chi connectivity index (χ1) is 16.1. The summed E-state index contributed by atoms with van der Waals surface area (Å²) in [4.78, 5) is 53.6. The Labute approximate surface area is 198 Å². The third-order valence-corrected chi connectivity index (χ3v) is 6.06. The predicted molar refractivity (Wildman–Crippen MR) is 128 cm³/mol. The Morgan fingerprint density at radius 2 is 1.68 bits per heavy atom. The van der Waals surface area contributed by atoms with Crippen LogP contribution >= 0.6 is 0 Å². The standard InChI is InChI=1S/C26H29N3O5/c1-16(2)11-12-28-20-10-9-17(13-21(20)34-15-26(3,4)25(28)33)27-22(30)14-29-23(31)18-7-5-6-8-19(18)24(29)32/h5-10,13,16H,11-12,14-15H2,1-4H3,(H,27,30). The minimum atomic E-state index is -0.690. The molecule has 2 aliphatic heterocycles. The third kappa shape index (κ3) is 4.40. The number of benzene rings is 2. The van der Waals surface area contributed by atoms with Crippen molar-refractivity contribution < 1.29 is 23.9 Å². The first kappa shape index (κ1) is 23.5. The number of hydrogen-bond acceptors (Lipinski definition) is 5. The Hall–Kier alpha value is -3.68. The zero-order chi connectivity index (χ0) is 24.6. The van der Waals surface area contributed by atoms with Crippen molar-refractivity contribution in [2.24, 2.45) is 11.3 Å². The summed E-state index contributed by atoms with van der Waals surface area (Å²) >= 11 is 0. The van der Waals surface area contributed by atoms with Gasteiger partial charge in [-0.3, -0.25) is 24.1 Å². The van der Waals surface area contributed by atoms with E-state index in [1.165, 1.54) is 0 Å². The van der Waals surface area contributed by atoms with Crippen LogP contribution in [0.15, 0.2) is 42.5 Å². The molecule has 8 heteroatoms. The van der Waals surface area contributed by atoms with Gasteiger partial charge in [0.15, 0.2) is 0 Å². The SMILES string of the molecule is CC(C)CCN1C(=O)C(C)(C)COc2cc(NC(=O)CN3C(=O)c4ccccc4C3=O)ccc21. The molecule has 34 heavy (non-hydrogen) atoms. The van der Waals surface area contributed by atoms with E-state index in [1.54, 1.807) is 47.4 Å². The van der Waals surface area contributed by atoms with Crippen LogP contribution in [0.3, 0.4) is 0 Å². The number of rotatable bonds is 6. The zero-order valence-electron chi connectivity index (χ0n) is 19.9. The number of amides is 4. The van der Waals surface area contributed by atoms with Crippen LogP contribution in [0.5, 0.6) is 5.75 Å². The van der Waals surface area contributed by atoms with E-state index in [0.29, 0.717) is 40.7 Å². The largest absolute Gasteiger partial charge is 0.490 e. The lowest BCUT2D eigenvalue weighted by atomic mass is 9.92. The fraction of sp³-hybridized carbons (Fsp3) is 0.385. The number of fused-ring (bicyclic) bond motifs is 2. The number of carbonyl (C=O) groups is 4. The van der Waals surface area contributed by atoms with Crippen LogP contribution in [-0.2, 0) is 9.59 Å². The van der Waals surface area contributed by atoms with Gasteiger partial charge in [0.05, 0.1) is 22.2 Å². The van der Waals surface area contributed by atoms with E-state index in [0.717, 1.165) is 11.3 Å². The van der Waals surface area contributed by atoms with E-state index in [-0.39, 0.29) is 12.5 Å². The molecule has 1 N–H and O–H groups in total. The molecule has 4 rings (SSSR count). The lowest BCUT2D eigenvalue weighted by Gasteiger charge is -2.28. The van der Waals surface area contributed by atoms with Crippen LogP contribution in [0.4, 0.5) is 11.4 Å². The molecule has 0 fully saturated rings. The van der Waals surface area contributed by atoms with Gasteiger partial charge in [-0.1, -0.05) is 26.0 Å². The molecule has 2 aromatic rings. The summed E-state index contributed by atoms with van der Waals surface area (Å²) in [6.45, 7) is 8.32. The Balaban J connectivity index is 1.51. The van der Waals surface area contributed by atoms with Crippen LogP contribution in [0.2, 0.25) is 0 Å². The smallest absolute Gasteiger partial charge is 0.262 e. The highest BCUT2D eigenvalue weighted by molar-refractivity contribution is 6.22. The molecule has 2 heterocycles. The van der Waals surface area contributed by atoms with Gasteiger partial charge in [-0.15, -0.1) is 0 Å². The summed E-state index contributed by atoms with van der Waals surface area (Å²) in [6, 6.07) is 11.6. The molecular weight excluding hydrogens is 434 g/mol. The van der Waals surface area contributed by atoms with Gasteiger partial charge in [0.2, 0.25) is 11.8 Å². The Morgan fingerprint density at radius 3 is 2.29 bits per heavy atom. The Morgan fingerprint density at radius 1 is 1.03 bits per heavy atom. The van der Waals surface area contributed by atoms with Crippen molar-refractivity contribution in [2.75, 3.05) is 29.9 Å². The second-order valence-electron chi connectivity index (χ2n) is 9.78. The Bertz CT molecular complexity index is 1140. The second kappa shape index (κ2) is 8.93. The van der Waals surface area contributed by atoms with E-state index in [2.05, 4.69) is 19.2 Å². The summed E-state index contributed by atoms with van der Waals surface area (Å²) < 4.78 is 5.97. The summed E-state index contributed by atoms with van der Waals surface area (Å²) in [7, 11) is 0. The van der Waals surface area contributed by atoms with E-state index in [4.69, 9.17) is 4.74 Å². The highest BCUT2D eigenvalue weighted by atomic mass is 16.5. The maximum Gasteiger partial charge on any atom is 0.262 e.